The molecule has 1 heterocycles. The van der Waals surface area contributed by atoms with Crippen LogP contribution in [0.25, 0.3) is 0 Å². The summed E-state index contributed by atoms with van der Waals surface area (Å²) < 4.78 is 0. The van der Waals surface area contributed by atoms with Crippen LogP contribution in [0.1, 0.15) is 38.3 Å². The zero-order valence-electron chi connectivity index (χ0n) is 12.9. The Morgan fingerprint density at radius 3 is 2.73 bits per heavy atom. The van der Waals surface area contributed by atoms with Gasteiger partial charge < -0.3 is 15.3 Å². The highest BCUT2D eigenvalue weighted by molar-refractivity contribution is 6.42. The monoisotopic (exact) mass is 344 g/mol. The molecule has 22 heavy (non-hydrogen) atoms. The van der Waals surface area contributed by atoms with Gasteiger partial charge in [0.05, 0.1) is 22.2 Å². The third kappa shape index (κ3) is 4.28. The molecule has 2 rings (SSSR count). The maximum absolute atomic E-state index is 12.4. The predicted molar refractivity (Wildman–Crippen MR) is 89.4 cm³/mol. The molecule has 0 unspecified atom stereocenters. The molecule has 0 spiro atoms. The minimum Gasteiger partial charge on any atom is -0.393 e. The van der Waals surface area contributed by atoms with E-state index in [-0.39, 0.29) is 24.1 Å². The fourth-order valence-electron chi connectivity index (χ4n) is 2.73. The van der Waals surface area contributed by atoms with Crippen molar-refractivity contribution < 1.29 is 9.90 Å². The van der Waals surface area contributed by atoms with Crippen molar-refractivity contribution in [2.24, 2.45) is 5.92 Å². The molecule has 4 nitrogen and oxygen atoms in total. The molecular formula is C16H22Cl2N2O2. The van der Waals surface area contributed by atoms with Crippen molar-refractivity contribution in [3.05, 3.63) is 33.8 Å². The molecule has 1 fully saturated rings. The van der Waals surface area contributed by atoms with E-state index in [9.17, 15) is 9.90 Å². The summed E-state index contributed by atoms with van der Waals surface area (Å²) in [5, 5.41) is 13.7. The van der Waals surface area contributed by atoms with Gasteiger partial charge in [-0.2, -0.15) is 0 Å². The number of amides is 2. The van der Waals surface area contributed by atoms with Crippen molar-refractivity contribution >= 4 is 29.2 Å². The van der Waals surface area contributed by atoms with E-state index in [1.54, 1.807) is 24.0 Å². The number of nitrogens with zero attached hydrogens (tertiary/aromatic N) is 1. The number of nitrogens with one attached hydrogen (secondary N) is 1. The van der Waals surface area contributed by atoms with Crippen LogP contribution in [0.5, 0.6) is 0 Å². The zero-order valence-corrected chi connectivity index (χ0v) is 14.4. The minimum absolute atomic E-state index is 0.107. The summed E-state index contributed by atoms with van der Waals surface area (Å²) in [6.45, 7) is 5.01. The average molecular weight is 345 g/mol. The highest BCUT2D eigenvalue weighted by Gasteiger charge is 2.27. The van der Waals surface area contributed by atoms with E-state index in [2.05, 4.69) is 5.32 Å². The highest BCUT2D eigenvalue weighted by atomic mass is 35.5. The maximum atomic E-state index is 12.4. The van der Waals surface area contributed by atoms with Gasteiger partial charge in [0.1, 0.15) is 0 Å². The third-order valence-corrected chi connectivity index (χ3v) is 4.95. The summed E-state index contributed by atoms with van der Waals surface area (Å²) in [6.07, 6.45) is 1.50. The summed E-state index contributed by atoms with van der Waals surface area (Å²) in [5.41, 5.74) is 0.909. The van der Waals surface area contributed by atoms with E-state index in [0.29, 0.717) is 16.6 Å². The lowest BCUT2D eigenvalue weighted by Gasteiger charge is -2.34. The maximum Gasteiger partial charge on any atom is 0.317 e. The SMILES string of the molecule is C[C@H](NC(=O)N1CCC[C@H]([C@@H](C)O)C1)c1ccc(Cl)c(Cl)c1. The van der Waals surface area contributed by atoms with Crippen LogP contribution in [0, 0.1) is 5.92 Å². The van der Waals surface area contributed by atoms with Crippen molar-refractivity contribution in [3.8, 4) is 0 Å². The van der Waals surface area contributed by atoms with E-state index in [1.807, 2.05) is 13.0 Å². The number of urea groups is 1. The van der Waals surface area contributed by atoms with Crippen LogP contribution in [-0.4, -0.2) is 35.2 Å². The molecule has 0 radical (unpaired) electrons. The lowest BCUT2D eigenvalue weighted by Crippen LogP contribution is -2.47. The van der Waals surface area contributed by atoms with Gasteiger partial charge in [0, 0.05) is 19.0 Å². The van der Waals surface area contributed by atoms with Gasteiger partial charge in [0.25, 0.3) is 0 Å². The van der Waals surface area contributed by atoms with E-state index < -0.39 is 0 Å². The quantitative estimate of drug-likeness (QED) is 0.874. The van der Waals surface area contributed by atoms with Crippen molar-refractivity contribution in [2.75, 3.05) is 13.1 Å². The Balaban J connectivity index is 1.97. The molecule has 0 aliphatic carbocycles. The van der Waals surface area contributed by atoms with E-state index in [0.717, 1.165) is 24.9 Å². The molecule has 1 aliphatic rings. The van der Waals surface area contributed by atoms with Gasteiger partial charge in [0.15, 0.2) is 0 Å². The average Bonchev–Trinajstić information content (AvgIpc) is 2.50. The zero-order chi connectivity index (χ0) is 16.3. The van der Waals surface area contributed by atoms with E-state index >= 15 is 0 Å². The predicted octanol–water partition coefficient (Wildman–Crippen LogP) is 3.86. The first-order chi connectivity index (χ1) is 10.4. The van der Waals surface area contributed by atoms with Crippen molar-refractivity contribution in [1.29, 1.82) is 0 Å². The summed E-state index contributed by atoms with van der Waals surface area (Å²) >= 11 is 11.9. The topological polar surface area (TPSA) is 52.6 Å². The molecule has 0 saturated carbocycles. The van der Waals surface area contributed by atoms with Crippen LogP contribution in [0.4, 0.5) is 4.79 Å². The molecule has 0 aromatic heterocycles. The second kappa shape index (κ2) is 7.53. The molecule has 1 aromatic rings. The van der Waals surface area contributed by atoms with Gasteiger partial charge in [-0.05, 0) is 44.4 Å². The number of hydrogen-bond acceptors (Lipinski definition) is 2. The Hall–Kier alpha value is -0.970. The number of hydrogen-bond donors (Lipinski definition) is 2. The largest absolute Gasteiger partial charge is 0.393 e. The summed E-state index contributed by atoms with van der Waals surface area (Å²) in [6, 6.07) is 5.09. The fourth-order valence-corrected chi connectivity index (χ4v) is 3.04. The number of halogens is 2. The van der Waals surface area contributed by atoms with Crippen LogP contribution >= 0.6 is 23.2 Å². The number of carbonyl (C=O) groups is 1. The number of aliphatic hydroxyl groups is 1. The Morgan fingerprint density at radius 2 is 2.09 bits per heavy atom. The number of benzene rings is 1. The molecule has 6 heteroatoms. The highest BCUT2D eigenvalue weighted by Crippen LogP contribution is 2.26. The van der Waals surface area contributed by atoms with Gasteiger partial charge in [0.2, 0.25) is 0 Å². The van der Waals surface area contributed by atoms with Gasteiger partial charge in [-0.15, -0.1) is 0 Å². The first-order valence-corrected chi connectivity index (χ1v) is 8.32. The molecular weight excluding hydrogens is 323 g/mol. The number of aliphatic hydroxyl groups excluding tert-OH is 1. The van der Waals surface area contributed by atoms with Gasteiger partial charge in [-0.25, -0.2) is 4.79 Å². The minimum atomic E-state index is -0.386. The smallest absolute Gasteiger partial charge is 0.317 e. The Kier molecular flexibility index (Phi) is 5.95. The molecule has 1 aliphatic heterocycles. The summed E-state index contributed by atoms with van der Waals surface area (Å²) in [4.78, 5) is 14.1. The summed E-state index contributed by atoms with van der Waals surface area (Å²) in [7, 11) is 0. The van der Waals surface area contributed by atoms with Gasteiger partial charge in [-0.1, -0.05) is 29.3 Å². The van der Waals surface area contributed by atoms with Gasteiger partial charge in [-0.3, -0.25) is 0 Å². The first-order valence-electron chi connectivity index (χ1n) is 7.57. The van der Waals surface area contributed by atoms with E-state index in [4.69, 9.17) is 23.2 Å². The lowest BCUT2D eigenvalue weighted by molar-refractivity contribution is 0.0734. The normalized spacial score (nSPS) is 21.3. The molecule has 3 atom stereocenters. The van der Waals surface area contributed by atoms with Crippen LogP contribution in [0.15, 0.2) is 18.2 Å². The molecule has 122 valence electrons. The lowest BCUT2D eigenvalue weighted by atomic mass is 9.94. The third-order valence-electron chi connectivity index (χ3n) is 4.21. The van der Waals surface area contributed by atoms with Crippen LogP contribution in [0.3, 0.4) is 0 Å². The van der Waals surface area contributed by atoms with E-state index in [1.165, 1.54) is 0 Å². The second-order valence-electron chi connectivity index (χ2n) is 5.93. The van der Waals surface area contributed by atoms with Crippen LogP contribution < -0.4 is 5.32 Å². The Labute approximate surface area is 141 Å². The molecule has 2 amide bonds. The Bertz CT molecular complexity index is 537. The number of rotatable bonds is 3. The second-order valence-corrected chi connectivity index (χ2v) is 6.75. The van der Waals surface area contributed by atoms with Crippen molar-refractivity contribution in [3.63, 3.8) is 0 Å². The first kappa shape index (κ1) is 17.4. The van der Waals surface area contributed by atoms with Crippen molar-refractivity contribution in [2.45, 2.75) is 38.8 Å². The fraction of sp³-hybridized carbons (Fsp3) is 0.562. The molecule has 1 saturated heterocycles. The van der Waals surface area contributed by atoms with Gasteiger partial charge >= 0.3 is 6.03 Å². The van der Waals surface area contributed by atoms with Crippen molar-refractivity contribution in [1.82, 2.24) is 10.2 Å². The number of likely N-dealkylation sites (tertiary alicyclic amines) is 1. The number of piperidine rings is 1. The summed E-state index contributed by atoms with van der Waals surface area (Å²) in [5.74, 6) is 0.153. The van der Waals surface area contributed by atoms with Crippen LogP contribution in [-0.2, 0) is 0 Å². The standard InChI is InChI=1S/C16H22Cl2N2O2/c1-10(12-5-6-14(17)15(18)8-12)19-16(22)20-7-3-4-13(9-20)11(2)21/h5-6,8,10-11,13,21H,3-4,7,9H2,1-2H3,(H,19,22)/t10-,11+,13-/m0/s1. The molecule has 2 N–H and O–H groups in total. The number of carbonyl (C=O) groups excluding carboxylic acids is 1. The van der Waals surface area contributed by atoms with Crippen LogP contribution in [0.2, 0.25) is 10.0 Å². The molecule has 1 aromatic carbocycles. The Morgan fingerprint density at radius 1 is 1.36 bits per heavy atom. The molecule has 0 bridgehead atoms.